The second-order valence-electron chi connectivity index (χ2n) is 6.43. The van der Waals surface area contributed by atoms with Crippen LogP contribution in [0.25, 0.3) is 0 Å². The van der Waals surface area contributed by atoms with Gasteiger partial charge in [0.1, 0.15) is 11.3 Å². The topological polar surface area (TPSA) is 120 Å². The summed E-state index contributed by atoms with van der Waals surface area (Å²) in [5.74, 6) is -1.49. The summed E-state index contributed by atoms with van der Waals surface area (Å²) in [5.41, 5.74) is 0.379. The zero-order valence-electron chi connectivity index (χ0n) is 16.0. The van der Waals surface area contributed by atoms with Crippen LogP contribution in [0.4, 0.5) is 0 Å². The van der Waals surface area contributed by atoms with Gasteiger partial charge in [0.05, 0.1) is 18.6 Å². The van der Waals surface area contributed by atoms with E-state index in [2.05, 4.69) is 15.0 Å². The molecule has 1 atom stereocenters. The number of H-pyrrole nitrogens is 1. The lowest BCUT2D eigenvalue weighted by Crippen LogP contribution is -2.30. The molecule has 152 valence electrons. The molecule has 3 heterocycles. The maximum absolute atomic E-state index is 12.6. The van der Waals surface area contributed by atoms with Crippen molar-refractivity contribution in [2.75, 3.05) is 6.61 Å². The van der Waals surface area contributed by atoms with Crippen LogP contribution < -0.4 is 15.0 Å². The standard InChI is InChI=1S/C21H17N3O6/c1-2-28-20(27)15-11-24-19(26)17-14(10-16(25)30-18(15)17)12-5-3-6-13(9-12)29-21-22-7-4-8-23-21/h3-9,11,14H,2,10H2,1H3,(H,24,26)/t14-/m1/s1. The van der Waals surface area contributed by atoms with Gasteiger partial charge in [0.2, 0.25) is 0 Å². The number of carbonyl (C=O) groups is 2. The first-order valence-electron chi connectivity index (χ1n) is 9.25. The molecular weight excluding hydrogens is 390 g/mol. The molecule has 0 saturated carbocycles. The number of aromatic amines is 1. The van der Waals surface area contributed by atoms with Gasteiger partial charge in [0.15, 0.2) is 5.75 Å². The van der Waals surface area contributed by atoms with Gasteiger partial charge in [-0.05, 0) is 30.7 Å². The third kappa shape index (κ3) is 3.77. The van der Waals surface area contributed by atoms with Crippen LogP contribution in [0.3, 0.4) is 0 Å². The summed E-state index contributed by atoms with van der Waals surface area (Å²) >= 11 is 0. The zero-order valence-corrected chi connectivity index (χ0v) is 16.0. The number of aromatic nitrogens is 3. The summed E-state index contributed by atoms with van der Waals surface area (Å²) in [4.78, 5) is 47.7. The molecule has 1 N–H and O–H groups in total. The molecule has 1 aliphatic heterocycles. The second kappa shape index (κ2) is 8.16. The van der Waals surface area contributed by atoms with E-state index in [4.69, 9.17) is 14.2 Å². The van der Waals surface area contributed by atoms with Crippen molar-refractivity contribution >= 4 is 11.9 Å². The Hall–Kier alpha value is -4.01. The molecule has 9 nitrogen and oxygen atoms in total. The van der Waals surface area contributed by atoms with Crippen molar-refractivity contribution in [3.63, 3.8) is 0 Å². The van der Waals surface area contributed by atoms with Gasteiger partial charge in [-0.25, -0.2) is 14.8 Å². The van der Waals surface area contributed by atoms with Crippen molar-refractivity contribution in [1.82, 2.24) is 15.0 Å². The number of carbonyl (C=O) groups excluding carboxylic acids is 2. The van der Waals surface area contributed by atoms with Gasteiger partial charge in [0.25, 0.3) is 5.56 Å². The number of hydrogen-bond donors (Lipinski definition) is 1. The number of esters is 2. The average Bonchev–Trinajstić information content (AvgIpc) is 2.74. The Kier molecular flexibility index (Phi) is 5.25. The van der Waals surface area contributed by atoms with E-state index < -0.39 is 23.4 Å². The molecule has 0 bridgehead atoms. The molecular formula is C21H17N3O6. The van der Waals surface area contributed by atoms with Crippen LogP contribution in [0.15, 0.2) is 53.7 Å². The van der Waals surface area contributed by atoms with Crippen LogP contribution in [0, 0.1) is 0 Å². The molecule has 2 aromatic heterocycles. The maximum Gasteiger partial charge on any atom is 0.343 e. The van der Waals surface area contributed by atoms with Gasteiger partial charge < -0.3 is 19.2 Å². The van der Waals surface area contributed by atoms with Crippen LogP contribution in [0.5, 0.6) is 17.5 Å². The number of fused-ring (bicyclic) bond motifs is 1. The van der Waals surface area contributed by atoms with E-state index in [1.54, 1.807) is 49.6 Å². The van der Waals surface area contributed by atoms with Crippen LogP contribution >= 0.6 is 0 Å². The van der Waals surface area contributed by atoms with Gasteiger partial charge in [-0.15, -0.1) is 0 Å². The Bertz CT molecular complexity index is 1160. The highest BCUT2D eigenvalue weighted by atomic mass is 16.5. The molecule has 3 aromatic rings. The number of nitrogens with zero attached hydrogens (tertiary/aromatic N) is 2. The highest BCUT2D eigenvalue weighted by molar-refractivity contribution is 5.94. The normalized spacial score (nSPS) is 15.1. The van der Waals surface area contributed by atoms with Crippen molar-refractivity contribution in [1.29, 1.82) is 0 Å². The lowest BCUT2D eigenvalue weighted by atomic mass is 9.86. The van der Waals surface area contributed by atoms with Crippen molar-refractivity contribution < 1.29 is 23.8 Å². The van der Waals surface area contributed by atoms with Crippen LogP contribution in [0.1, 0.15) is 40.7 Å². The van der Waals surface area contributed by atoms with E-state index in [1.807, 2.05) is 0 Å². The van der Waals surface area contributed by atoms with E-state index in [1.165, 1.54) is 6.20 Å². The molecule has 0 saturated heterocycles. The molecule has 0 spiro atoms. The minimum Gasteiger partial charge on any atom is -0.462 e. The molecule has 0 radical (unpaired) electrons. The fourth-order valence-corrected chi connectivity index (χ4v) is 3.26. The molecule has 0 fully saturated rings. The molecule has 1 aromatic carbocycles. The highest BCUT2D eigenvalue weighted by Crippen LogP contribution is 2.39. The summed E-state index contributed by atoms with van der Waals surface area (Å²) < 4.78 is 15.9. The Balaban J connectivity index is 1.76. The van der Waals surface area contributed by atoms with E-state index in [0.29, 0.717) is 11.3 Å². The Morgan fingerprint density at radius 3 is 2.80 bits per heavy atom. The van der Waals surface area contributed by atoms with Crippen molar-refractivity contribution in [2.24, 2.45) is 0 Å². The SMILES string of the molecule is CCOC(=O)c1c[nH]c(=O)c2c1OC(=O)C[C@@H]2c1cccc(Oc2ncccn2)c1. The molecule has 9 heteroatoms. The third-order valence-electron chi connectivity index (χ3n) is 4.52. The molecule has 30 heavy (non-hydrogen) atoms. The summed E-state index contributed by atoms with van der Waals surface area (Å²) in [6, 6.07) is 8.74. The predicted octanol–water partition coefficient (Wildman–Crippen LogP) is 2.57. The first kappa shape index (κ1) is 19.3. The number of hydrogen-bond acceptors (Lipinski definition) is 8. The number of nitrogens with one attached hydrogen (secondary N) is 1. The number of pyridine rings is 1. The molecule has 0 amide bonds. The fourth-order valence-electron chi connectivity index (χ4n) is 3.26. The van der Waals surface area contributed by atoms with Crippen LogP contribution in [-0.4, -0.2) is 33.5 Å². The number of rotatable bonds is 5. The largest absolute Gasteiger partial charge is 0.462 e. The first-order chi connectivity index (χ1) is 14.6. The molecule has 1 aliphatic rings. The fraction of sp³-hybridized carbons (Fsp3) is 0.190. The summed E-state index contributed by atoms with van der Waals surface area (Å²) in [7, 11) is 0. The van der Waals surface area contributed by atoms with Gasteiger partial charge in [0, 0.05) is 24.5 Å². The van der Waals surface area contributed by atoms with Gasteiger partial charge >= 0.3 is 17.9 Å². The minimum absolute atomic E-state index is 0.00501. The van der Waals surface area contributed by atoms with Crippen molar-refractivity contribution in [3.05, 3.63) is 76.0 Å². The lowest BCUT2D eigenvalue weighted by molar-refractivity contribution is -0.135. The Labute approximate surface area is 170 Å². The smallest absolute Gasteiger partial charge is 0.343 e. The van der Waals surface area contributed by atoms with Gasteiger partial charge in [-0.1, -0.05) is 12.1 Å². The van der Waals surface area contributed by atoms with E-state index >= 15 is 0 Å². The minimum atomic E-state index is -0.684. The monoisotopic (exact) mass is 407 g/mol. The average molecular weight is 407 g/mol. The summed E-state index contributed by atoms with van der Waals surface area (Å²) in [5, 5.41) is 0. The molecule has 4 rings (SSSR count). The summed E-state index contributed by atoms with van der Waals surface area (Å²) in [6.45, 7) is 1.80. The number of ether oxygens (including phenoxy) is 3. The molecule has 0 aliphatic carbocycles. The zero-order chi connectivity index (χ0) is 21.1. The van der Waals surface area contributed by atoms with E-state index in [-0.39, 0.29) is 35.9 Å². The van der Waals surface area contributed by atoms with Gasteiger partial charge in [-0.2, -0.15) is 0 Å². The van der Waals surface area contributed by atoms with Crippen molar-refractivity contribution in [3.8, 4) is 17.5 Å². The predicted molar refractivity (Wildman–Crippen MR) is 104 cm³/mol. The van der Waals surface area contributed by atoms with Crippen LogP contribution in [-0.2, 0) is 9.53 Å². The maximum atomic E-state index is 12.6. The number of benzene rings is 1. The molecule has 0 unspecified atom stereocenters. The quantitative estimate of drug-likeness (QED) is 0.641. The highest BCUT2D eigenvalue weighted by Gasteiger charge is 2.35. The summed E-state index contributed by atoms with van der Waals surface area (Å²) in [6.07, 6.45) is 4.24. The Morgan fingerprint density at radius 2 is 2.03 bits per heavy atom. The lowest BCUT2D eigenvalue weighted by Gasteiger charge is -2.25. The third-order valence-corrected chi connectivity index (χ3v) is 4.52. The van der Waals surface area contributed by atoms with Crippen LogP contribution in [0.2, 0.25) is 0 Å². The van der Waals surface area contributed by atoms with E-state index in [9.17, 15) is 14.4 Å². The van der Waals surface area contributed by atoms with E-state index in [0.717, 1.165) is 0 Å². The second-order valence-corrected chi connectivity index (χ2v) is 6.43. The van der Waals surface area contributed by atoms with Crippen molar-refractivity contribution in [2.45, 2.75) is 19.3 Å². The van der Waals surface area contributed by atoms with Gasteiger partial charge in [-0.3, -0.25) is 9.59 Å². The Morgan fingerprint density at radius 1 is 1.23 bits per heavy atom. The first-order valence-corrected chi connectivity index (χ1v) is 9.25.